The molecule has 1 aliphatic rings. The lowest BCUT2D eigenvalue weighted by atomic mass is 9.91. The summed E-state index contributed by atoms with van der Waals surface area (Å²) in [7, 11) is 0. The summed E-state index contributed by atoms with van der Waals surface area (Å²) in [5.74, 6) is -1.97. The summed E-state index contributed by atoms with van der Waals surface area (Å²) < 4.78 is 35.4. The van der Waals surface area contributed by atoms with Gasteiger partial charge in [-0.3, -0.25) is 9.69 Å². The zero-order valence-corrected chi connectivity index (χ0v) is 24.5. The van der Waals surface area contributed by atoms with Crippen molar-refractivity contribution < 1.29 is 33.3 Å². The first-order valence-corrected chi connectivity index (χ1v) is 14.2. The van der Waals surface area contributed by atoms with Gasteiger partial charge in [-0.1, -0.05) is 49.4 Å². The minimum atomic E-state index is -1.01. The molecule has 5 rings (SSSR count). The lowest BCUT2D eigenvalue weighted by Gasteiger charge is -2.29. The first kappa shape index (κ1) is 29.6. The molecule has 0 unspecified atom stereocenters. The molecule has 1 saturated heterocycles. The molecule has 218 valence electrons. The third kappa shape index (κ3) is 5.87. The molecule has 0 aliphatic carbocycles. The fraction of sp³-hybridized carbons (Fsp3) is 0.233. The minimum absolute atomic E-state index is 0.0740. The van der Waals surface area contributed by atoms with E-state index < -0.39 is 47.7 Å². The fourth-order valence-corrected chi connectivity index (χ4v) is 5.53. The van der Waals surface area contributed by atoms with Crippen LogP contribution >= 0.6 is 22.6 Å². The maximum atomic E-state index is 14.8. The average Bonchev–Trinajstić information content (AvgIpc) is 3.57. The highest BCUT2D eigenvalue weighted by atomic mass is 127. The Morgan fingerprint density at radius 1 is 1.02 bits per heavy atom. The molecule has 9 nitrogen and oxygen atoms in total. The Morgan fingerprint density at radius 3 is 2.29 bits per heavy atom. The number of amides is 3. The third-order valence-electron chi connectivity index (χ3n) is 7.12. The van der Waals surface area contributed by atoms with Crippen molar-refractivity contribution in [2.75, 3.05) is 13.2 Å². The van der Waals surface area contributed by atoms with Gasteiger partial charge >= 0.3 is 6.03 Å². The quantitative estimate of drug-likeness (QED) is 0.140. The number of imide groups is 1. The van der Waals surface area contributed by atoms with Gasteiger partial charge in [0, 0.05) is 9.49 Å². The van der Waals surface area contributed by atoms with Crippen LogP contribution in [0.3, 0.4) is 0 Å². The molecule has 0 bridgehead atoms. The molecule has 0 saturated carbocycles. The molecule has 3 atom stereocenters. The van der Waals surface area contributed by atoms with Crippen LogP contribution in [0.25, 0.3) is 11.3 Å². The van der Waals surface area contributed by atoms with Gasteiger partial charge in [0.2, 0.25) is 0 Å². The maximum Gasteiger partial charge on any atom is 0.325 e. The minimum Gasteiger partial charge on any atom is -0.486 e. The van der Waals surface area contributed by atoms with Crippen molar-refractivity contribution in [2.24, 2.45) is 0 Å². The number of rotatable bonds is 10. The van der Waals surface area contributed by atoms with Crippen LogP contribution in [-0.4, -0.2) is 56.3 Å². The number of aliphatic hydroxyl groups is 2. The summed E-state index contributed by atoms with van der Waals surface area (Å²) in [6.45, 7) is 1.10. The second-order valence-corrected chi connectivity index (χ2v) is 11.1. The first-order chi connectivity index (χ1) is 20.2. The van der Waals surface area contributed by atoms with E-state index in [2.05, 4.69) is 15.3 Å². The molecule has 1 fully saturated rings. The number of aromatic amines is 1. The predicted molar refractivity (Wildman–Crippen MR) is 157 cm³/mol. The van der Waals surface area contributed by atoms with Crippen molar-refractivity contribution >= 4 is 34.5 Å². The van der Waals surface area contributed by atoms with Gasteiger partial charge in [-0.2, -0.15) is 0 Å². The number of ether oxygens (including phenoxy) is 1. The normalized spacial score (nSPS) is 16.5. The van der Waals surface area contributed by atoms with Crippen molar-refractivity contribution in [1.82, 2.24) is 20.2 Å². The molecular weight excluding hydrogens is 661 g/mol. The largest absolute Gasteiger partial charge is 0.486 e. The number of urea groups is 1. The number of aromatic nitrogens is 2. The van der Waals surface area contributed by atoms with E-state index in [1.807, 2.05) is 59.8 Å². The Morgan fingerprint density at radius 2 is 1.67 bits per heavy atom. The van der Waals surface area contributed by atoms with Crippen molar-refractivity contribution in [3.05, 3.63) is 105 Å². The number of halogens is 3. The SMILES string of the molecule is C[C@H](c1ccccc1)[C@@H](c1ncc(-c2c(F)cc(I)cc2F)[nH]1)N1C(=O)N[C@H](c2ccc(OC(CO)CO)cc2)C1=O. The van der Waals surface area contributed by atoms with E-state index in [9.17, 15) is 28.6 Å². The van der Waals surface area contributed by atoms with Crippen molar-refractivity contribution in [1.29, 1.82) is 0 Å². The van der Waals surface area contributed by atoms with Crippen LogP contribution < -0.4 is 10.1 Å². The van der Waals surface area contributed by atoms with Gasteiger partial charge < -0.3 is 25.3 Å². The van der Waals surface area contributed by atoms with Gasteiger partial charge in [-0.25, -0.2) is 18.6 Å². The fourth-order valence-electron chi connectivity index (χ4n) is 4.98. The second kappa shape index (κ2) is 12.5. The Hall–Kier alpha value is -3.88. The number of hydrogen-bond donors (Lipinski definition) is 4. The van der Waals surface area contributed by atoms with Gasteiger partial charge in [0.15, 0.2) is 0 Å². The summed E-state index contributed by atoms with van der Waals surface area (Å²) in [6.07, 6.45) is 0.494. The van der Waals surface area contributed by atoms with Crippen LogP contribution in [0.4, 0.5) is 13.6 Å². The standard InChI is InChI=1S/C30H27F2IN4O5/c1-16(17-5-3-2-4-6-17)27(28-34-13-24(35-28)25-22(31)11-19(33)12-23(25)32)37-29(40)26(36-30(37)41)18-7-9-20(10-8-18)42-21(14-38)15-39/h2-13,16,21,26-27,38-39H,14-15H2,1H3,(H,34,35)(H,36,41)/t16-,26-,27+/m1/s1. The molecule has 1 aromatic heterocycles. The second-order valence-electron chi connectivity index (χ2n) is 9.84. The van der Waals surface area contributed by atoms with E-state index in [0.717, 1.165) is 10.5 Å². The van der Waals surface area contributed by atoms with Gasteiger partial charge in [-0.15, -0.1) is 0 Å². The Labute approximate surface area is 253 Å². The van der Waals surface area contributed by atoms with Crippen LogP contribution in [0.15, 0.2) is 72.9 Å². The van der Waals surface area contributed by atoms with Crippen LogP contribution in [0, 0.1) is 15.2 Å². The van der Waals surface area contributed by atoms with Gasteiger partial charge in [0.1, 0.15) is 41.4 Å². The summed E-state index contributed by atoms with van der Waals surface area (Å²) in [5, 5.41) is 21.2. The van der Waals surface area contributed by atoms with E-state index in [0.29, 0.717) is 14.9 Å². The molecule has 42 heavy (non-hydrogen) atoms. The zero-order chi connectivity index (χ0) is 30.0. The summed E-state index contributed by atoms with van der Waals surface area (Å²) in [6, 6.07) is 15.4. The molecule has 1 aliphatic heterocycles. The van der Waals surface area contributed by atoms with Crippen molar-refractivity contribution in [2.45, 2.75) is 31.0 Å². The van der Waals surface area contributed by atoms with E-state index in [4.69, 9.17) is 4.74 Å². The first-order valence-electron chi connectivity index (χ1n) is 13.1. The molecule has 3 amide bonds. The van der Waals surface area contributed by atoms with Crippen LogP contribution in [0.2, 0.25) is 0 Å². The number of nitrogens with zero attached hydrogens (tertiary/aromatic N) is 2. The van der Waals surface area contributed by atoms with Crippen LogP contribution in [0.1, 0.15) is 41.9 Å². The third-order valence-corrected chi connectivity index (χ3v) is 7.75. The molecule has 0 radical (unpaired) electrons. The summed E-state index contributed by atoms with van der Waals surface area (Å²) in [4.78, 5) is 35.7. The monoisotopic (exact) mass is 688 g/mol. The number of aliphatic hydroxyl groups excluding tert-OH is 2. The maximum absolute atomic E-state index is 14.8. The predicted octanol–water partition coefficient (Wildman–Crippen LogP) is 4.83. The van der Waals surface area contributed by atoms with Crippen LogP contribution in [0.5, 0.6) is 5.75 Å². The lowest BCUT2D eigenvalue weighted by Crippen LogP contribution is -2.38. The summed E-state index contributed by atoms with van der Waals surface area (Å²) >= 11 is 1.82. The van der Waals surface area contributed by atoms with E-state index >= 15 is 0 Å². The van der Waals surface area contributed by atoms with Gasteiger partial charge in [-0.05, 0) is 58.0 Å². The number of H-pyrrole nitrogens is 1. The highest BCUT2D eigenvalue weighted by Gasteiger charge is 2.46. The number of hydrogen-bond acceptors (Lipinski definition) is 6. The van der Waals surface area contributed by atoms with Gasteiger partial charge in [0.05, 0.1) is 30.7 Å². The number of carbonyl (C=O) groups is 2. The lowest BCUT2D eigenvalue weighted by molar-refractivity contribution is -0.129. The molecule has 12 heteroatoms. The number of imidazole rings is 1. The smallest absolute Gasteiger partial charge is 0.325 e. The molecule has 4 aromatic rings. The zero-order valence-electron chi connectivity index (χ0n) is 22.3. The molecule has 0 spiro atoms. The molecule has 2 heterocycles. The van der Waals surface area contributed by atoms with Gasteiger partial charge in [0.25, 0.3) is 5.91 Å². The molecular formula is C30H27F2IN4O5. The highest BCUT2D eigenvalue weighted by Crippen LogP contribution is 2.39. The van der Waals surface area contributed by atoms with E-state index in [1.54, 1.807) is 24.3 Å². The van der Waals surface area contributed by atoms with Crippen molar-refractivity contribution in [3.63, 3.8) is 0 Å². The van der Waals surface area contributed by atoms with E-state index in [1.165, 1.54) is 18.3 Å². The summed E-state index contributed by atoms with van der Waals surface area (Å²) in [5.41, 5.74) is 1.09. The van der Waals surface area contributed by atoms with E-state index in [-0.39, 0.29) is 30.3 Å². The highest BCUT2D eigenvalue weighted by molar-refractivity contribution is 14.1. The molecule has 4 N–H and O–H groups in total. The number of nitrogens with one attached hydrogen (secondary N) is 2. The van der Waals surface area contributed by atoms with Crippen molar-refractivity contribution in [3.8, 4) is 17.0 Å². The Kier molecular flexibility index (Phi) is 8.85. The van der Waals surface area contributed by atoms with Crippen LogP contribution in [-0.2, 0) is 4.79 Å². The Bertz CT molecular complexity index is 1560. The Balaban J connectivity index is 1.49. The number of carbonyl (C=O) groups excluding carboxylic acids is 2. The topological polar surface area (TPSA) is 128 Å². The average molecular weight is 688 g/mol. The molecule has 3 aromatic carbocycles. The number of benzene rings is 3.